The van der Waals surface area contributed by atoms with Crippen LogP contribution in [-0.2, 0) is 0 Å². The second kappa shape index (κ2) is 8.94. The number of para-hydroxylation sites is 1. The zero-order chi connectivity index (χ0) is 25.9. The molecule has 0 saturated heterocycles. The number of aromatic nitrogens is 1. The van der Waals surface area contributed by atoms with E-state index in [1.807, 2.05) is 11.3 Å². The van der Waals surface area contributed by atoms with Gasteiger partial charge in [0.2, 0.25) is 0 Å². The highest BCUT2D eigenvalue weighted by molar-refractivity contribution is 9.10. The number of thiophene rings is 1. The quantitative estimate of drug-likeness (QED) is 0.196. The van der Waals surface area contributed by atoms with Crippen molar-refractivity contribution in [3.8, 4) is 27.9 Å². The van der Waals surface area contributed by atoms with Gasteiger partial charge in [-0.15, -0.1) is 11.3 Å². The highest BCUT2D eigenvalue weighted by atomic mass is 79.9. The minimum absolute atomic E-state index is 1.09. The fourth-order valence-electron chi connectivity index (χ4n) is 5.95. The fraction of sp³-hybridized carbons (Fsp3) is 0. The smallest absolute Gasteiger partial charge is 0.0640 e. The Morgan fingerprint density at radius 3 is 2.00 bits per heavy atom. The molecule has 3 heteroatoms. The van der Waals surface area contributed by atoms with Crippen molar-refractivity contribution in [2.24, 2.45) is 0 Å². The van der Waals surface area contributed by atoms with E-state index in [1.165, 1.54) is 69.9 Å². The van der Waals surface area contributed by atoms with E-state index >= 15 is 0 Å². The molecule has 0 aliphatic rings. The molecule has 0 aliphatic carbocycles. The molecule has 8 rings (SSSR count). The van der Waals surface area contributed by atoms with Crippen LogP contribution in [-0.4, -0.2) is 4.57 Å². The minimum atomic E-state index is 1.09. The maximum atomic E-state index is 3.66. The monoisotopic (exact) mass is 579 g/mol. The Bertz CT molecular complexity index is 2200. The predicted octanol–water partition coefficient (Wildman–Crippen LogP) is 11.2. The van der Waals surface area contributed by atoms with Crippen LogP contribution in [0.1, 0.15) is 0 Å². The summed E-state index contributed by atoms with van der Waals surface area (Å²) in [4.78, 5) is 0. The second-order valence-electron chi connectivity index (χ2n) is 9.89. The highest BCUT2D eigenvalue weighted by Gasteiger charge is 2.17. The lowest BCUT2D eigenvalue weighted by molar-refractivity contribution is 1.20. The molecule has 0 N–H and O–H groups in total. The molecule has 2 aromatic heterocycles. The fourth-order valence-corrected chi connectivity index (χ4v) is 7.55. The Labute approximate surface area is 238 Å². The number of fused-ring (bicyclic) bond motifs is 6. The van der Waals surface area contributed by atoms with Crippen molar-refractivity contribution >= 4 is 69.2 Å². The van der Waals surface area contributed by atoms with Gasteiger partial charge in [0.1, 0.15) is 0 Å². The Kier molecular flexibility index (Phi) is 5.22. The third kappa shape index (κ3) is 3.58. The average Bonchev–Trinajstić information content (AvgIpc) is 3.53. The van der Waals surface area contributed by atoms with Crippen molar-refractivity contribution in [2.45, 2.75) is 0 Å². The molecule has 0 amide bonds. The first kappa shape index (κ1) is 22.8. The van der Waals surface area contributed by atoms with Gasteiger partial charge >= 0.3 is 0 Å². The molecular formula is C36H22BrNS. The van der Waals surface area contributed by atoms with Gasteiger partial charge in [0.05, 0.1) is 21.4 Å². The molecule has 1 nitrogen and oxygen atoms in total. The lowest BCUT2D eigenvalue weighted by atomic mass is 9.94. The van der Waals surface area contributed by atoms with Crippen molar-refractivity contribution in [3.63, 3.8) is 0 Å². The maximum absolute atomic E-state index is 3.66. The number of hydrogen-bond acceptors (Lipinski definition) is 1. The van der Waals surface area contributed by atoms with Crippen LogP contribution in [0.2, 0.25) is 0 Å². The number of benzene rings is 6. The van der Waals surface area contributed by atoms with Gasteiger partial charge in [0.25, 0.3) is 0 Å². The summed E-state index contributed by atoms with van der Waals surface area (Å²) in [6, 6.07) is 48.4. The zero-order valence-electron chi connectivity index (χ0n) is 20.9. The summed E-state index contributed by atoms with van der Waals surface area (Å²) >= 11 is 5.54. The summed E-state index contributed by atoms with van der Waals surface area (Å²) in [6.45, 7) is 0. The molecule has 6 aromatic carbocycles. The summed E-state index contributed by atoms with van der Waals surface area (Å²) in [7, 11) is 0. The minimum Gasteiger partial charge on any atom is -0.308 e. The molecule has 0 unspecified atom stereocenters. The van der Waals surface area contributed by atoms with Crippen LogP contribution in [0.4, 0.5) is 0 Å². The third-order valence-electron chi connectivity index (χ3n) is 7.67. The van der Waals surface area contributed by atoms with E-state index in [9.17, 15) is 0 Å². The molecule has 39 heavy (non-hydrogen) atoms. The van der Waals surface area contributed by atoms with Crippen molar-refractivity contribution in [1.29, 1.82) is 0 Å². The average molecular weight is 581 g/mol. The molecule has 0 fully saturated rings. The molecule has 184 valence electrons. The number of halogens is 1. The lowest BCUT2D eigenvalue weighted by Gasteiger charge is -2.13. The van der Waals surface area contributed by atoms with Gasteiger partial charge in [0.15, 0.2) is 0 Å². The SMILES string of the molecule is Brc1cccc(-c2ccccc2-c2ccc3c4ccccc4n(-c4cccc5c4sc4ccccc45)c3c2)c1. The molecule has 0 aliphatic heterocycles. The van der Waals surface area contributed by atoms with E-state index in [2.05, 4.69) is 154 Å². The first-order valence-electron chi connectivity index (χ1n) is 13.1. The van der Waals surface area contributed by atoms with E-state index in [0.717, 1.165) is 4.47 Å². The number of nitrogens with zero attached hydrogens (tertiary/aromatic N) is 1. The summed E-state index contributed by atoms with van der Waals surface area (Å²) < 4.78 is 6.19. The van der Waals surface area contributed by atoms with Crippen molar-refractivity contribution in [2.75, 3.05) is 0 Å². The van der Waals surface area contributed by atoms with Crippen LogP contribution in [0.15, 0.2) is 138 Å². The van der Waals surface area contributed by atoms with Crippen molar-refractivity contribution in [3.05, 3.63) is 138 Å². The Balaban J connectivity index is 1.44. The van der Waals surface area contributed by atoms with E-state index in [4.69, 9.17) is 0 Å². The third-order valence-corrected chi connectivity index (χ3v) is 9.37. The summed E-state index contributed by atoms with van der Waals surface area (Å²) in [6.07, 6.45) is 0. The van der Waals surface area contributed by atoms with E-state index in [0.29, 0.717) is 0 Å². The van der Waals surface area contributed by atoms with Gasteiger partial charge in [-0.3, -0.25) is 0 Å². The summed E-state index contributed by atoms with van der Waals surface area (Å²) in [5.74, 6) is 0. The normalized spacial score (nSPS) is 11.7. The predicted molar refractivity (Wildman–Crippen MR) is 172 cm³/mol. The van der Waals surface area contributed by atoms with Crippen molar-refractivity contribution < 1.29 is 0 Å². The Morgan fingerprint density at radius 2 is 1.15 bits per heavy atom. The van der Waals surface area contributed by atoms with E-state index < -0.39 is 0 Å². The van der Waals surface area contributed by atoms with E-state index in [-0.39, 0.29) is 0 Å². The summed E-state index contributed by atoms with van der Waals surface area (Å²) in [5, 5.41) is 5.18. The van der Waals surface area contributed by atoms with Gasteiger partial charge in [-0.25, -0.2) is 0 Å². The first-order chi connectivity index (χ1) is 19.3. The van der Waals surface area contributed by atoms with Gasteiger partial charge in [-0.05, 0) is 58.7 Å². The van der Waals surface area contributed by atoms with Crippen LogP contribution < -0.4 is 0 Å². The van der Waals surface area contributed by atoms with Gasteiger partial charge in [0, 0.05) is 30.7 Å². The lowest BCUT2D eigenvalue weighted by Crippen LogP contribution is -1.94. The molecule has 2 heterocycles. The Morgan fingerprint density at radius 1 is 0.487 bits per heavy atom. The topological polar surface area (TPSA) is 4.93 Å². The van der Waals surface area contributed by atoms with Gasteiger partial charge in [-0.2, -0.15) is 0 Å². The van der Waals surface area contributed by atoms with Crippen LogP contribution in [0.5, 0.6) is 0 Å². The van der Waals surface area contributed by atoms with Crippen LogP contribution in [0, 0.1) is 0 Å². The van der Waals surface area contributed by atoms with Crippen LogP contribution in [0.3, 0.4) is 0 Å². The highest BCUT2D eigenvalue weighted by Crippen LogP contribution is 2.42. The molecule has 0 radical (unpaired) electrons. The van der Waals surface area contributed by atoms with Crippen LogP contribution in [0.25, 0.3) is 69.9 Å². The first-order valence-corrected chi connectivity index (χ1v) is 14.7. The van der Waals surface area contributed by atoms with Crippen LogP contribution >= 0.6 is 27.3 Å². The largest absolute Gasteiger partial charge is 0.308 e. The molecule has 0 atom stereocenters. The molecule has 8 aromatic rings. The second-order valence-corrected chi connectivity index (χ2v) is 11.9. The van der Waals surface area contributed by atoms with E-state index in [1.54, 1.807) is 0 Å². The van der Waals surface area contributed by atoms with Crippen molar-refractivity contribution in [1.82, 2.24) is 4.57 Å². The molecule has 0 spiro atoms. The molecule has 0 saturated carbocycles. The standard InChI is InChI=1S/C36H22BrNS/c37-25-10-7-9-23(21-25)26-11-1-2-12-27(26)24-19-20-29-28-13-3-5-16-32(28)38(34(29)22-24)33-17-8-15-31-30-14-4-6-18-35(30)39-36(31)33/h1-22H. The zero-order valence-corrected chi connectivity index (χ0v) is 23.3. The number of rotatable bonds is 3. The maximum Gasteiger partial charge on any atom is 0.0640 e. The summed E-state index contributed by atoms with van der Waals surface area (Å²) in [5.41, 5.74) is 8.57. The number of hydrogen-bond donors (Lipinski definition) is 0. The van der Waals surface area contributed by atoms with Gasteiger partial charge < -0.3 is 4.57 Å². The van der Waals surface area contributed by atoms with Gasteiger partial charge in [-0.1, -0.05) is 113 Å². The Hall–Kier alpha value is -4.18. The molecule has 0 bridgehead atoms. The molecular weight excluding hydrogens is 558 g/mol.